The molecule has 1 aromatic carbocycles. The Balaban J connectivity index is 2.01. The second-order valence-electron chi connectivity index (χ2n) is 2.94. The smallest absolute Gasteiger partial charge is 0.231 e. The number of rotatable bonds is 4. The quantitative estimate of drug-likeness (QED) is 0.541. The monoisotopic (exact) mass is 192 g/mol. The Labute approximate surface area is 82.9 Å². The van der Waals surface area contributed by atoms with Crippen LogP contribution in [-0.4, -0.2) is 13.4 Å². The average Bonchev–Trinajstić information content (AvgIpc) is 2.65. The van der Waals surface area contributed by atoms with Gasteiger partial charge in [-0.25, -0.2) is 0 Å². The van der Waals surface area contributed by atoms with Gasteiger partial charge in [-0.3, -0.25) is 0 Å². The van der Waals surface area contributed by atoms with E-state index in [1.165, 1.54) is 0 Å². The molecule has 0 amide bonds. The summed E-state index contributed by atoms with van der Waals surface area (Å²) >= 11 is 0. The molecular formula is C11H12O3. The van der Waals surface area contributed by atoms with Crippen molar-refractivity contribution in [1.29, 1.82) is 0 Å². The maximum absolute atomic E-state index is 5.46. The van der Waals surface area contributed by atoms with Crippen molar-refractivity contribution in [3.63, 3.8) is 0 Å². The molecule has 74 valence electrons. The molecule has 0 aliphatic carbocycles. The van der Waals surface area contributed by atoms with Gasteiger partial charge in [0.1, 0.15) is 5.75 Å². The molecule has 3 heteroatoms. The first-order valence-corrected chi connectivity index (χ1v) is 4.53. The molecule has 0 saturated carbocycles. The Bertz CT molecular complexity index is 333. The lowest BCUT2D eigenvalue weighted by Gasteiger charge is -2.04. The average molecular weight is 192 g/mol. The number of ether oxygens (including phenoxy) is 3. The van der Waals surface area contributed by atoms with Crippen LogP contribution in [0.2, 0.25) is 0 Å². The van der Waals surface area contributed by atoms with Crippen molar-refractivity contribution in [2.45, 2.75) is 6.42 Å². The van der Waals surface area contributed by atoms with E-state index < -0.39 is 0 Å². The second kappa shape index (κ2) is 4.05. The van der Waals surface area contributed by atoms with Crippen LogP contribution in [-0.2, 0) is 0 Å². The van der Waals surface area contributed by atoms with E-state index >= 15 is 0 Å². The highest BCUT2D eigenvalue weighted by atomic mass is 16.7. The molecule has 0 N–H and O–H groups in total. The van der Waals surface area contributed by atoms with E-state index in [2.05, 4.69) is 6.58 Å². The summed E-state index contributed by atoms with van der Waals surface area (Å²) in [5, 5.41) is 0. The first-order chi connectivity index (χ1) is 6.90. The minimum atomic E-state index is 0.297. The van der Waals surface area contributed by atoms with Gasteiger partial charge in [-0.05, 0) is 18.6 Å². The zero-order valence-corrected chi connectivity index (χ0v) is 7.86. The molecule has 0 bridgehead atoms. The molecule has 3 nitrogen and oxygen atoms in total. The van der Waals surface area contributed by atoms with Crippen molar-refractivity contribution >= 4 is 0 Å². The molecule has 0 atom stereocenters. The van der Waals surface area contributed by atoms with Gasteiger partial charge < -0.3 is 14.2 Å². The van der Waals surface area contributed by atoms with Crippen LogP contribution in [0.5, 0.6) is 17.2 Å². The summed E-state index contributed by atoms with van der Waals surface area (Å²) in [7, 11) is 0. The molecule has 0 unspecified atom stereocenters. The highest BCUT2D eigenvalue weighted by Crippen LogP contribution is 2.34. The van der Waals surface area contributed by atoms with E-state index in [4.69, 9.17) is 14.2 Å². The Kier molecular flexibility index (Phi) is 2.58. The van der Waals surface area contributed by atoms with Gasteiger partial charge >= 0.3 is 0 Å². The van der Waals surface area contributed by atoms with Crippen molar-refractivity contribution in [2.24, 2.45) is 0 Å². The summed E-state index contributed by atoms with van der Waals surface area (Å²) in [6.07, 6.45) is 2.67. The predicted octanol–water partition coefficient (Wildman–Crippen LogP) is 2.37. The van der Waals surface area contributed by atoms with Crippen molar-refractivity contribution < 1.29 is 14.2 Å². The number of hydrogen-bond acceptors (Lipinski definition) is 3. The van der Waals surface area contributed by atoms with E-state index in [9.17, 15) is 0 Å². The molecular weight excluding hydrogens is 180 g/mol. The fourth-order valence-corrected chi connectivity index (χ4v) is 1.23. The summed E-state index contributed by atoms with van der Waals surface area (Å²) < 4.78 is 15.9. The van der Waals surface area contributed by atoms with Crippen LogP contribution in [0.3, 0.4) is 0 Å². The highest BCUT2D eigenvalue weighted by Gasteiger charge is 2.13. The predicted molar refractivity (Wildman–Crippen MR) is 52.9 cm³/mol. The van der Waals surface area contributed by atoms with Gasteiger partial charge in [0.15, 0.2) is 11.5 Å². The second-order valence-corrected chi connectivity index (χ2v) is 2.94. The lowest BCUT2D eigenvalue weighted by Crippen LogP contribution is -1.95. The van der Waals surface area contributed by atoms with Crippen LogP contribution in [0.25, 0.3) is 0 Å². The summed E-state index contributed by atoms with van der Waals surface area (Å²) in [6.45, 7) is 4.56. The molecule has 0 spiro atoms. The summed E-state index contributed by atoms with van der Waals surface area (Å²) in [5.41, 5.74) is 0. The maximum Gasteiger partial charge on any atom is 0.231 e. The third-order valence-electron chi connectivity index (χ3n) is 1.93. The van der Waals surface area contributed by atoms with Gasteiger partial charge in [0, 0.05) is 6.07 Å². The maximum atomic E-state index is 5.46. The summed E-state index contributed by atoms with van der Waals surface area (Å²) in [6, 6.07) is 5.56. The third kappa shape index (κ3) is 1.82. The molecule has 14 heavy (non-hydrogen) atoms. The van der Waals surface area contributed by atoms with Gasteiger partial charge in [-0.15, -0.1) is 6.58 Å². The van der Waals surface area contributed by atoms with Crippen LogP contribution in [0.1, 0.15) is 6.42 Å². The van der Waals surface area contributed by atoms with Crippen molar-refractivity contribution in [1.82, 2.24) is 0 Å². The summed E-state index contributed by atoms with van der Waals surface area (Å²) in [4.78, 5) is 0. The molecule has 1 aliphatic heterocycles. The minimum absolute atomic E-state index is 0.297. The fourth-order valence-electron chi connectivity index (χ4n) is 1.23. The van der Waals surface area contributed by atoms with Crippen LogP contribution in [0.4, 0.5) is 0 Å². The van der Waals surface area contributed by atoms with Crippen LogP contribution >= 0.6 is 0 Å². The molecule has 0 radical (unpaired) electrons. The van der Waals surface area contributed by atoms with Crippen LogP contribution in [0, 0.1) is 0 Å². The summed E-state index contributed by atoms with van der Waals surface area (Å²) in [5.74, 6) is 2.33. The minimum Gasteiger partial charge on any atom is -0.493 e. The van der Waals surface area contributed by atoms with E-state index in [0.29, 0.717) is 13.4 Å². The zero-order valence-electron chi connectivity index (χ0n) is 7.86. The van der Waals surface area contributed by atoms with Crippen molar-refractivity contribution in [2.75, 3.05) is 13.4 Å². The number of benzene rings is 1. The molecule has 0 saturated heterocycles. The Morgan fingerprint density at radius 2 is 2.21 bits per heavy atom. The number of fused-ring (bicyclic) bond motifs is 1. The van der Waals surface area contributed by atoms with Gasteiger partial charge in [0.2, 0.25) is 6.79 Å². The van der Waals surface area contributed by atoms with E-state index in [1.807, 2.05) is 24.3 Å². The normalized spacial score (nSPS) is 12.6. The number of hydrogen-bond donors (Lipinski definition) is 0. The lowest BCUT2D eigenvalue weighted by atomic mass is 10.3. The SMILES string of the molecule is C=CCCOc1ccc2c(c1)OCO2. The van der Waals surface area contributed by atoms with Gasteiger partial charge in [0.25, 0.3) is 0 Å². The van der Waals surface area contributed by atoms with E-state index in [-0.39, 0.29) is 0 Å². The van der Waals surface area contributed by atoms with Gasteiger partial charge in [-0.1, -0.05) is 6.08 Å². The van der Waals surface area contributed by atoms with E-state index in [0.717, 1.165) is 23.7 Å². The first kappa shape index (κ1) is 8.94. The molecule has 1 heterocycles. The Hall–Kier alpha value is -1.64. The standard InChI is InChI=1S/C11H12O3/c1-2-3-6-12-9-4-5-10-11(7-9)14-8-13-10/h2,4-5,7H,1,3,6,8H2. The molecule has 0 aromatic heterocycles. The van der Waals surface area contributed by atoms with Crippen LogP contribution < -0.4 is 14.2 Å². The zero-order chi connectivity index (χ0) is 9.80. The molecule has 1 aromatic rings. The lowest BCUT2D eigenvalue weighted by molar-refractivity contribution is 0.173. The van der Waals surface area contributed by atoms with Crippen molar-refractivity contribution in [3.05, 3.63) is 30.9 Å². The van der Waals surface area contributed by atoms with Gasteiger partial charge in [0.05, 0.1) is 6.61 Å². The van der Waals surface area contributed by atoms with E-state index in [1.54, 1.807) is 0 Å². The van der Waals surface area contributed by atoms with Gasteiger partial charge in [-0.2, -0.15) is 0 Å². The highest BCUT2D eigenvalue weighted by molar-refractivity contribution is 5.46. The largest absolute Gasteiger partial charge is 0.493 e. The first-order valence-electron chi connectivity index (χ1n) is 4.53. The third-order valence-corrected chi connectivity index (χ3v) is 1.93. The fraction of sp³-hybridized carbons (Fsp3) is 0.273. The Morgan fingerprint density at radius 1 is 1.36 bits per heavy atom. The Morgan fingerprint density at radius 3 is 3.07 bits per heavy atom. The molecule has 1 aliphatic rings. The molecule has 2 rings (SSSR count). The molecule has 0 fully saturated rings. The van der Waals surface area contributed by atoms with Crippen LogP contribution in [0.15, 0.2) is 30.9 Å². The van der Waals surface area contributed by atoms with Crippen molar-refractivity contribution in [3.8, 4) is 17.2 Å². The topological polar surface area (TPSA) is 27.7 Å².